The molecule has 2 fully saturated rings. The average molecular weight is 649 g/mol. The molecule has 0 saturated carbocycles. The summed E-state index contributed by atoms with van der Waals surface area (Å²) in [6, 6.07) is 6.84. The Morgan fingerprint density at radius 1 is 1.11 bits per heavy atom. The summed E-state index contributed by atoms with van der Waals surface area (Å²) >= 11 is 0. The van der Waals surface area contributed by atoms with Crippen LogP contribution in [0.3, 0.4) is 0 Å². The van der Waals surface area contributed by atoms with Crippen LogP contribution < -0.4 is 19.7 Å². The van der Waals surface area contributed by atoms with E-state index < -0.39 is 48.3 Å². The van der Waals surface area contributed by atoms with Crippen molar-refractivity contribution in [2.45, 2.75) is 37.6 Å². The van der Waals surface area contributed by atoms with E-state index in [0.717, 1.165) is 38.1 Å². The Morgan fingerprint density at radius 3 is 2.43 bits per heavy atom. The number of hydrogen-bond acceptors (Lipinski definition) is 8. The van der Waals surface area contributed by atoms with Crippen molar-refractivity contribution in [2.24, 2.45) is 11.8 Å². The minimum atomic E-state index is -3.05. The highest BCUT2D eigenvalue weighted by Crippen LogP contribution is 2.41. The first kappa shape index (κ1) is 33.2. The average Bonchev–Trinajstić information content (AvgIpc) is 3.35. The molecule has 5 rings (SSSR count). The van der Waals surface area contributed by atoms with Gasteiger partial charge in [-0.1, -0.05) is 0 Å². The molecule has 4 unspecified atom stereocenters. The van der Waals surface area contributed by atoms with Crippen LogP contribution >= 0.6 is 0 Å². The molecule has 248 valence electrons. The van der Waals surface area contributed by atoms with Gasteiger partial charge in [-0.15, -0.1) is 0 Å². The molecule has 0 radical (unpaired) electrons. The Hall–Kier alpha value is -4.17. The van der Waals surface area contributed by atoms with Crippen LogP contribution in [0.5, 0.6) is 11.5 Å². The van der Waals surface area contributed by atoms with Crippen molar-refractivity contribution in [1.82, 2.24) is 15.2 Å². The second kappa shape index (κ2) is 14.5. The van der Waals surface area contributed by atoms with E-state index in [1.54, 1.807) is 12.1 Å². The number of aliphatic hydroxyl groups excluding tert-OH is 1. The molecule has 14 heteroatoms. The van der Waals surface area contributed by atoms with Gasteiger partial charge in [0.2, 0.25) is 0 Å². The maximum atomic E-state index is 15.5. The number of allylic oxidation sites excluding steroid dienone is 3. The number of carbonyl (C=O) groups is 2. The summed E-state index contributed by atoms with van der Waals surface area (Å²) < 4.78 is 71.0. The number of nitrogens with zero attached hydrogens (tertiary/aromatic N) is 3. The number of carbonyl (C=O) groups excluding carboxylic acids is 2. The number of hydrogen-bond donors (Lipinski definition) is 2. The summed E-state index contributed by atoms with van der Waals surface area (Å²) in [4.78, 5) is 35.6. The number of pyridine rings is 1. The molecule has 4 atom stereocenters. The molecule has 0 spiro atoms. The number of β-amino-alcohol motifs (C(OH)–C–C–N with tert-alkyl or cyclic N) is 1. The van der Waals surface area contributed by atoms with Gasteiger partial charge in [-0.2, -0.15) is 8.78 Å². The molecule has 2 N–H and O–H groups in total. The van der Waals surface area contributed by atoms with Crippen molar-refractivity contribution in [1.29, 1.82) is 0 Å². The Balaban J connectivity index is 1.44. The van der Waals surface area contributed by atoms with Gasteiger partial charge in [0.15, 0.2) is 0 Å². The fraction of sp³-hybridized carbons (Fsp3) is 0.469. The van der Waals surface area contributed by atoms with Crippen LogP contribution in [0.15, 0.2) is 60.1 Å². The first-order valence-electron chi connectivity index (χ1n) is 14.9. The zero-order valence-electron chi connectivity index (χ0n) is 25.4. The summed E-state index contributed by atoms with van der Waals surface area (Å²) in [6.07, 6.45) is 1.85. The first-order chi connectivity index (χ1) is 22.1. The maximum absolute atomic E-state index is 15.5. The minimum Gasteiger partial charge on any atom is -0.497 e. The Bertz CT molecular complexity index is 1470. The number of anilines is 1. The zero-order valence-corrected chi connectivity index (χ0v) is 25.4. The number of alkyl halides is 3. The lowest BCUT2D eigenvalue weighted by molar-refractivity contribution is -0.119. The summed E-state index contributed by atoms with van der Waals surface area (Å²) in [5, 5.41) is 11.9. The van der Waals surface area contributed by atoms with Crippen LogP contribution in [-0.4, -0.2) is 92.6 Å². The number of aliphatic hydroxyl groups is 1. The van der Waals surface area contributed by atoms with Crippen molar-refractivity contribution in [3.63, 3.8) is 0 Å². The number of methoxy groups -OCH3 is 2. The molecule has 2 amide bonds. The van der Waals surface area contributed by atoms with Crippen LogP contribution in [0, 0.1) is 11.8 Å². The highest BCUT2D eigenvalue weighted by molar-refractivity contribution is 6.04. The normalized spacial score (nSPS) is 24.1. The van der Waals surface area contributed by atoms with E-state index >= 15 is 8.78 Å². The van der Waals surface area contributed by atoms with Crippen LogP contribution in [0.2, 0.25) is 0 Å². The molecule has 1 aromatic carbocycles. The molecule has 2 aliphatic heterocycles. The smallest absolute Gasteiger partial charge is 0.387 e. The van der Waals surface area contributed by atoms with Gasteiger partial charge in [-0.3, -0.25) is 14.5 Å². The van der Waals surface area contributed by atoms with E-state index in [1.165, 1.54) is 43.4 Å². The molecule has 2 saturated heterocycles. The number of nitrogens with one attached hydrogen (secondary N) is 1. The van der Waals surface area contributed by atoms with Crippen LogP contribution in [0.4, 0.5) is 23.4 Å². The van der Waals surface area contributed by atoms with E-state index in [1.807, 2.05) is 0 Å². The van der Waals surface area contributed by atoms with Gasteiger partial charge in [0, 0.05) is 54.4 Å². The molecular weight excluding hydrogens is 612 g/mol. The Labute approximate surface area is 263 Å². The number of rotatable bonds is 11. The minimum absolute atomic E-state index is 0.00161. The van der Waals surface area contributed by atoms with Crippen LogP contribution in [0.1, 0.15) is 34.8 Å². The third kappa shape index (κ3) is 7.28. The van der Waals surface area contributed by atoms with Crippen LogP contribution in [0.25, 0.3) is 0 Å². The van der Waals surface area contributed by atoms with Crippen molar-refractivity contribution in [2.75, 3.05) is 51.9 Å². The van der Waals surface area contributed by atoms with Crippen molar-refractivity contribution < 1.29 is 46.5 Å². The topological polar surface area (TPSA) is 113 Å². The quantitative estimate of drug-likeness (QED) is 0.352. The Morgan fingerprint density at radius 2 is 1.83 bits per heavy atom. The van der Waals surface area contributed by atoms with Gasteiger partial charge >= 0.3 is 6.61 Å². The number of likely N-dealkylation sites (tertiary alicyclic amines) is 1. The van der Waals surface area contributed by atoms with E-state index in [0.29, 0.717) is 18.0 Å². The van der Waals surface area contributed by atoms with E-state index in [4.69, 9.17) is 14.5 Å². The number of aromatic nitrogens is 1. The highest BCUT2D eigenvalue weighted by Gasteiger charge is 2.50. The molecule has 3 heterocycles. The van der Waals surface area contributed by atoms with Crippen molar-refractivity contribution in [3.8, 4) is 11.5 Å². The lowest BCUT2D eigenvalue weighted by atomic mass is 9.81. The summed E-state index contributed by atoms with van der Waals surface area (Å²) in [5.41, 5.74) is 0.722. The molecular formula is C32H36F4N4O6. The molecule has 0 bridgehead atoms. The van der Waals surface area contributed by atoms with Crippen molar-refractivity contribution in [3.05, 3.63) is 71.4 Å². The predicted octanol–water partition coefficient (Wildman–Crippen LogP) is 3.98. The second-order valence-corrected chi connectivity index (χ2v) is 11.4. The van der Waals surface area contributed by atoms with Gasteiger partial charge in [-0.25, -0.2) is 13.8 Å². The van der Waals surface area contributed by atoms with Gasteiger partial charge < -0.3 is 29.5 Å². The van der Waals surface area contributed by atoms with Gasteiger partial charge in [0.1, 0.15) is 41.1 Å². The summed E-state index contributed by atoms with van der Waals surface area (Å²) in [6.45, 7) is -1.05. The molecule has 3 aliphatic rings. The number of ether oxygens (including phenoxy) is 3. The first-order valence-corrected chi connectivity index (χ1v) is 14.9. The summed E-state index contributed by atoms with van der Waals surface area (Å²) in [5.74, 6) is -4.13. The largest absolute Gasteiger partial charge is 0.497 e. The standard InChI is InChI=1S/C32H36F4N4O6/c1-44-21-13-24(33)28(25(34)14-21)23-17-40(31(43)29(23)38-30(42)19-3-5-20(6-4-19)46-32(35)36)27-16-22(45-2)15-26(37-27)18-7-9-39(10-8-18)11-12-41/h3-6,13-16,18,23-24,28-29,32,41H,7-12,17H2,1-2H3,(H,38,42). The third-order valence-electron chi connectivity index (χ3n) is 8.68. The second-order valence-electron chi connectivity index (χ2n) is 11.4. The monoisotopic (exact) mass is 648 g/mol. The van der Waals surface area contributed by atoms with Crippen molar-refractivity contribution >= 4 is 17.6 Å². The summed E-state index contributed by atoms with van der Waals surface area (Å²) in [7, 11) is 2.77. The number of amides is 2. The van der Waals surface area contributed by atoms with Gasteiger partial charge in [-0.05, 0) is 56.3 Å². The third-order valence-corrected chi connectivity index (χ3v) is 8.68. The number of piperidine rings is 1. The number of benzene rings is 1. The SMILES string of the molecule is COC1=CC(F)C(C2CN(c3cc(OC)cc(C4CCN(CCO)CC4)n3)C(=O)C2NC(=O)c2ccc(OC(F)F)cc2)C(F)=C1. The molecule has 46 heavy (non-hydrogen) atoms. The molecule has 2 aromatic rings. The van der Waals surface area contributed by atoms with E-state index in [2.05, 4.69) is 15.0 Å². The lowest BCUT2D eigenvalue weighted by Crippen LogP contribution is -2.47. The molecule has 1 aliphatic carbocycles. The Kier molecular flexibility index (Phi) is 10.5. The zero-order chi connectivity index (χ0) is 33.0. The van der Waals surface area contributed by atoms with Gasteiger partial charge in [0.25, 0.3) is 11.8 Å². The fourth-order valence-corrected chi connectivity index (χ4v) is 6.30. The molecule has 1 aromatic heterocycles. The van der Waals surface area contributed by atoms with E-state index in [9.17, 15) is 23.5 Å². The maximum Gasteiger partial charge on any atom is 0.387 e. The van der Waals surface area contributed by atoms with E-state index in [-0.39, 0.29) is 42.0 Å². The van der Waals surface area contributed by atoms with Gasteiger partial charge in [0.05, 0.1) is 26.7 Å². The molecule has 10 nitrogen and oxygen atoms in total. The predicted molar refractivity (Wildman–Crippen MR) is 159 cm³/mol. The lowest BCUT2D eigenvalue weighted by Gasteiger charge is -2.31. The highest BCUT2D eigenvalue weighted by atomic mass is 19.3. The number of halogens is 4. The van der Waals surface area contributed by atoms with Crippen LogP contribution in [-0.2, 0) is 9.53 Å². The fourth-order valence-electron chi connectivity index (χ4n) is 6.30.